The number of nitrogens with two attached hydrogens (primary N) is 1. The summed E-state index contributed by atoms with van der Waals surface area (Å²) in [6.07, 6.45) is 0. The second-order valence-corrected chi connectivity index (χ2v) is 5.23. The highest BCUT2D eigenvalue weighted by molar-refractivity contribution is 6.32. The molecular formula is C15H15Cl2N5. The van der Waals surface area contributed by atoms with Crippen LogP contribution in [0.2, 0.25) is 5.02 Å². The molecule has 0 unspecified atom stereocenters. The highest BCUT2D eigenvalue weighted by Gasteiger charge is 2.06. The number of aryl methyl sites for hydroxylation is 1. The van der Waals surface area contributed by atoms with Crippen molar-refractivity contribution in [3.63, 3.8) is 0 Å². The molecule has 3 rings (SSSR count). The van der Waals surface area contributed by atoms with E-state index in [1.807, 2.05) is 31.2 Å². The Balaban J connectivity index is 0.00000176. The molecule has 0 bridgehead atoms. The monoisotopic (exact) mass is 335 g/mol. The maximum Gasteiger partial charge on any atom is 0.205 e. The summed E-state index contributed by atoms with van der Waals surface area (Å²) in [5.41, 5.74) is 9.73. The second kappa shape index (κ2) is 6.25. The van der Waals surface area contributed by atoms with Crippen LogP contribution in [0.15, 0.2) is 36.4 Å². The van der Waals surface area contributed by atoms with Crippen LogP contribution < -0.4 is 11.1 Å². The number of aromatic nitrogens is 2. The summed E-state index contributed by atoms with van der Waals surface area (Å²) in [6, 6.07) is 11.1. The maximum atomic E-state index is 7.37. The normalized spacial score (nSPS) is 10.3. The van der Waals surface area contributed by atoms with Gasteiger partial charge in [0.05, 0.1) is 11.0 Å². The molecule has 0 saturated heterocycles. The third-order valence-corrected chi connectivity index (χ3v) is 3.63. The molecule has 0 saturated carbocycles. The summed E-state index contributed by atoms with van der Waals surface area (Å²) in [5.74, 6) is 0.692. The molecule has 1 heterocycles. The number of hydrogen-bond donors (Lipinski definition) is 4. The van der Waals surface area contributed by atoms with Crippen molar-refractivity contribution in [2.45, 2.75) is 6.92 Å². The first-order valence-electron chi connectivity index (χ1n) is 6.40. The van der Waals surface area contributed by atoms with Gasteiger partial charge in [-0.15, -0.1) is 12.4 Å². The van der Waals surface area contributed by atoms with Gasteiger partial charge in [-0.25, -0.2) is 4.98 Å². The molecule has 0 amide bonds. The van der Waals surface area contributed by atoms with E-state index in [1.165, 1.54) is 0 Å². The number of amidine groups is 1. The Hall–Kier alpha value is -2.24. The van der Waals surface area contributed by atoms with E-state index in [0.29, 0.717) is 16.5 Å². The van der Waals surface area contributed by atoms with Crippen LogP contribution >= 0.6 is 24.0 Å². The predicted octanol–water partition coefficient (Wildman–Crippen LogP) is 3.97. The van der Waals surface area contributed by atoms with E-state index in [-0.39, 0.29) is 18.2 Å². The largest absolute Gasteiger partial charge is 0.384 e. The number of imidazole rings is 1. The summed E-state index contributed by atoms with van der Waals surface area (Å²) in [4.78, 5) is 7.65. The van der Waals surface area contributed by atoms with Crippen LogP contribution in [0.25, 0.3) is 11.0 Å². The number of benzene rings is 2. The molecule has 0 radical (unpaired) electrons. The maximum absolute atomic E-state index is 7.37. The van der Waals surface area contributed by atoms with Gasteiger partial charge < -0.3 is 16.0 Å². The minimum Gasteiger partial charge on any atom is -0.384 e. The molecular weight excluding hydrogens is 321 g/mol. The molecule has 7 heteroatoms. The lowest BCUT2D eigenvalue weighted by Crippen LogP contribution is -2.10. The number of hydrogen-bond acceptors (Lipinski definition) is 3. The minimum absolute atomic E-state index is 0. The van der Waals surface area contributed by atoms with Gasteiger partial charge in [-0.3, -0.25) is 5.41 Å². The van der Waals surface area contributed by atoms with Crippen molar-refractivity contribution in [1.29, 1.82) is 5.41 Å². The van der Waals surface area contributed by atoms with E-state index in [4.69, 9.17) is 22.7 Å². The molecule has 22 heavy (non-hydrogen) atoms. The fourth-order valence-corrected chi connectivity index (χ4v) is 2.23. The van der Waals surface area contributed by atoms with Crippen LogP contribution in [-0.2, 0) is 0 Å². The molecule has 0 aliphatic carbocycles. The number of nitrogens with zero attached hydrogens (tertiary/aromatic N) is 1. The Morgan fingerprint density at radius 2 is 1.95 bits per heavy atom. The third-order valence-electron chi connectivity index (χ3n) is 3.22. The van der Waals surface area contributed by atoms with Gasteiger partial charge in [-0.05, 0) is 48.9 Å². The first kappa shape index (κ1) is 16.1. The van der Waals surface area contributed by atoms with Crippen LogP contribution in [0, 0.1) is 12.3 Å². The lowest BCUT2D eigenvalue weighted by atomic mass is 10.2. The summed E-state index contributed by atoms with van der Waals surface area (Å²) in [6.45, 7) is 1.95. The van der Waals surface area contributed by atoms with E-state index in [2.05, 4.69) is 15.3 Å². The van der Waals surface area contributed by atoms with Crippen LogP contribution in [-0.4, -0.2) is 15.8 Å². The summed E-state index contributed by atoms with van der Waals surface area (Å²) >= 11 is 6.10. The standard InChI is InChI=1S/C15H14ClN5.ClH/c1-8-6-12-13(7-11(8)16)21-15(20-12)19-10-4-2-9(3-5-10)14(17)18;/h2-7H,1H3,(H3,17,18)(H2,19,20,21);1H. The molecule has 0 fully saturated rings. The molecule has 2 aromatic carbocycles. The number of nitrogens with one attached hydrogen (secondary N) is 3. The van der Waals surface area contributed by atoms with E-state index < -0.39 is 0 Å². The van der Waals surface area contributed by atoms with Crippen molar-refractivity contribution in [3.05, 3.63) is 52.5 Å². The second-order valence-electron chi connectivity index (χ2n) is 4.82. The number of aromatic amines is 1. The van der Waals surface area contributed by atoms with E-state index in [9.17, 15) is 0 Å². The number of nitrogen functional groups attached to an aromatic ring is 1. The zero-order chi connectivity index (χ0) is 15.0. The predicted molar refractivity (Wildman–Crippen MR) is 93.8 cm³/mol. The first-order valence-corrected chi connectivity index (χ1v) is 6.78. The van der Waals surface area contributed by atoms with Gasteiger partial charge in [0.25, 0.3) is 0 Å². The first-order chi connectivity index (χ1) is 10.0. The zero-order valence-electron chi connectivity index (χ0n) is 11.8. The number of H-pyrrole nitrogens is 1. The summed E-state index contributed by atoms with van der Waals surface area (Å²) < 4.78 is 0. The van der Waals surface area contributed by atoms with Crippen LogP contribution in [0.1, 0.15) is 11.1 Å². The van der Waals surface area contributed by atoms with Gasteiger partial charge in [0, 0.05) is 16.3 Å². The van der Waals surface area contributed by atoms with Crippen molar-refractivity contribution in [3.8, 4) is 0 Å². The Morgan fingerprint density at radius 1 is 1.27 bits per heavy atom. The average Bonchev–Trinajstić information content (AvgIpc) is 2.81. The molecule has 5 nitrogen and oxygen atoms in total. The fourth-order valence-electron chi connectivity index (χ4n) is 2.07. The van der Waals surface area contributed by atoms with Crippen LogP contribution in [0.5, 0.6) is 0 Å². The summed E-state index contributed by atoms with van der Waals surface area (Å²) in [5, 5.41) is 11.2. The molecule has 1 aromatic heterocycles. The van der Waals surface area contributed by atoms with Crippen molar-refractivity contribution >= 4 is 52.5 Å². The Labute approximate surface area is 138 Å². The third kappa shape index (κ3) is 3.16. The van der Waals surface area contributed by atoms with Gasteiger partial charge in [-0.2, -0.15) is 0 Å². The van der Waals surface area contributed by atoms with E-state index in [1.54, 1.807) is 12.1 Å². The minimum atomic E-state index is 0. The van der Waals surface area contributed by atoms with E-state index >= 15 is 0 Å². The Kier molecular flexibility index (Phi) is 4.59. The molecule has 0 aliphatic heterocycles. The lowest BCUT2D eigenvalue weighted by Gasteiger charge is -2.03. The SMILES string of the molecule is Cc1cc2[nH]c(Nc3ccc(C(=N)N)cc3)nc2cc1Cl.Cl. The lowest BCUT2D eigenvalue weighted by molar-refractivity contribution is 1.31. The Morgan fingerprint density at radius 3 is 2.59 bits per heavy atom. The molecule has 0 spiro atoms. The molecule has 0 atom stereocenters. The highest BCUT2D eigenvalue weighted by Crippen LogP contribution is 2.24. The van der Waals surface area contributed by atoms with Gasteiger partial charge in [0.2, 0.25) is 5.95 Å². The topological polar surface area (TPSA) is 90.6 Å². The Bertz CT molecular complexity index is 785. The smallest absolute Gasteiger partial charge is 0.205 e. The van der Waals surface area contributed by atoms with Crippen LogP contribution in [0.4, 0.5) is 11.6 Å². The fraction of sp³-hybridized carbons (Fsp3) is 0.0667. The van der Waals surface area contributed by atoms with Gasteiger partial charge in [0.1, 0.15) is 5.84 Å². The van der Waals surface area contributed by atoms with Crippen molar-refractivity contribution in [1.82, 2.24) is 9.97 Å². The van der Waals surface area contributed by atoms with Gasteiger partial charge in [0.15, 0.2) is 0 Å². The van der Waals surface area contributed by atoms with Crippen molar-refractivity contribution in [2.24, 2.45) is 5.73 Å². The molecule has 5 N–H and O–H groups in total. The number of fused-ring (bicyclic) bond motifs is 1. The van der Waals surface area contributed by atoms with Crippen molar-refractivity contribution in [2.75, 3.05) is 5.32 Å². The van der Waals surface area contributed by atoms with Gasteiger partial charge >= 0.3 is 0 Å². The highest BCUT2D eigenvalue weighted by atomic mass is 35.5. The quantitative estimate of drug-likeness (QED) is 0.431. The zero-order valence-corrected chi connectivity index (χ0v) is 13.3. The van der Waals surface area contributed by atoms with Crippen LogP contribution in [0.3, 0.4) is 0 Å². The summed E-state index contributed by atoms with van der Waals surface area (Å²) in [7, 11) is 0. The number of anilines is 2. The molecule has 0 aliphatic rings. The number of rotatable bonds is 3. The molecule has 114 valence electrons. The average molecular weight is 336 g/mol. The number of halogens is 2. The van der Waals surface area contributed by atoms with Gasteiger partial charge in [-0.1, -0.05) is 11.6 Å². The molecule has 3 aromatic rings. The van der Waals surface area contributed by atoms with E-state index in [0.717, 1.165) is 22.3 Å². The van der Waals surface area contributed by atoms with Crippen molar-refractivity contribution < 1.29 is 0 Å².